The molecule has 32 nitrogen and oxygen atoms in total. The second-order valence-corrected chi connectivity index (χ2v) is 18.4. The van der Waals surface area contributed by atoms with E-state index in [4.69, 9.17) is 57.3 Å². The van der Waals surface area contributed by atoms with Crippen molar-refractivity contribution in [2.24, 2.45) is 67.3 Å². The van der Waals surface area contributed by atoms with Crippen molar-refractivity contribution < 1.29 is 48.3 Å². The number of carbonyl (C=O) groups is 9. The highest BCUT2D eigenvalue weighted by molar-refractivity contribution is 6.00. The number of aliphatic hydroxyl groups excluding tert-OH is 1. The van der Waals surface area contributed by atoms with Crippen molar-refractivity contribution in [3.63, 3.8) is 0 Å². The summed E-state index contributed by atoms with van der Waals surface area (Å²) in [7, 11) is 0. The number of nitrogens with zero attached hydrogens (tertiary/aromatic N) is 4. The molecule has 32 heteroatoms. The smallest absolute Gasteiger partial charge is 0.264 e. The summed E-state index contributed by atoms with van der Waals surface area (Å²) in [5.41, 5.74) is 56.0. The van der Waals surface area contributed by atoms with E-state index >= 15 is 0 Å². The van der Waals surface area contributed by atoms with Crippen molar-refractivity contribution in [3.8, 4) is 0 Å². The molecule has 0 spiro atoms. The molecule has 438 valence electrons. The molecule has 9 amide bonds. The highest BCUT2D eigenvalue weighted by Gasteiger charge is 2.40. The summed E-state index contributed by atoms with van der Waals surface area (Å²) in [5, 5.41) is 28.4. The molecule has 0 radical (unpaired) electrons. The van der Waals surface area contributed by atoms with E-state index in [0.717, 1.165) is 0 Å². The zero-order valence-electron chi connectivity index (χ0n) is 44.1. The van der Waals surface area contributed by atoms with E-state index in [1.807, 2.05) is 0 Å². The number of nitrogens with two attached hydrogens (primary N) is 10. The number of amides is 9. The highest BCUT2D eigenvalue weighted by atomic mass is 16.3. The van der Waals surface area contributed by atoms with Crippen molar-refractivity contribution in [1.29, 1.82) is 0 Å². The fourth-order valence-electron chi connectivity index (χ4n) is 7.99. The maximum absolute atomic E-state index is 14.3. The fraction of sp³-hybridized carbons (Fsp3) is 0.652. The first kappa shape index (κ1) is 66.6. The minimum atomic E-state index is -1.63. The van der Waals surface area contributed by atoms with Gasteiger partial charge in [0.25, 0.3) is 5.91 Å². The molecule has 1 fully saturated rings. The second kappa shape index (κ2) is 36.5. The second-order valence-electron chi connectivity index (χ2n) is 18.4. The molecule has 1 aromatic rings. The molecule has 0 bridgehead atoms. The first-order chi connectivity index (χ1) is 37.2. The van der Waals surface area contributed by atoms with Crippen LogP contribution in [-0.4, -0.2) is 186 Å². The molecule has 78 heavy (non-hydrogen) atoms. The number of unbranched alkanes of at least 4 members (excludes halogenated alkanes) is 2. The SMILES string of the molecule is NCCCC[C@H](NC(=O)[C@H](Cc1cnc[nH]1)NC(=O)[C@@H]1CCCN1C(=O)[C@@H](CCCN)NC(=O)CNC(=O)[C@H](CCCN=C(N)N)NC(=O)[C@@H](NC(=O)[C@@H](N)CCCCN)[C@@H](O)CN)C(=O)N/C(=C\CCN=C(N)N)C(N)=O. The quantitative estimate of drug-likeness (QED) is 0.0127. The van der Waals surface area contributed by atoms with Crippen molar-refractivity contribution in [3.05, 3.63) is 30.0 Å². The van der Waals surface area contributed by atoms with E-state index in [2.05, 4.69) is 57.2 Å². The third kappa shape index (κ3) is 24.6. The molecule has 1 aliphatic rings. The van der Waals surface area contributed by atoms with Gasteiger partial charge in [-0.1, -0.05) is 12.5 Å². The normalized spacial score (nSPS) is 15.9. The Morgan fingerprint density at radius 1 is 0.705 bits per heavy atom. The van der Waals surface area contributed by atoms with Gasteiger partial charge < -0.3 is 110 Å². The average molecular weight is 1110 g/mol. The summed E-state index contributed by atoms with van der Waals surface area (Å²) >= 11 is 0. The van der Waals surface area contributed by atoms with Crippen LogP contribution in [0.1, 0.15) is 89.2 Å². The minimum Gasteiger partial charge on any atom is -0.389 e. The number of imidazole rings is 1. The summed E-state index contributed by atoms with van der Waals surface area (Å²) in [6.45, 7) is -0.141. The Kier molecular flexibility index (Phi) is 31.2. The summed E-state index contributed by atoms with van der Waals surface area (Å²) < 4.78 is 0. The number of aliphatic imine (C=N–C) groups is 2. The number of likely N-dealkylation sites (tertiary alicyclic amines) is 1. The predicted molar refractivity (Wildman–Crippen MR) is 287 cm³/mol. The van der Waals surface area contributed by atoms with Crippen LogP contribution < -0.4 is 94.6 Å². The molecule has 8 atom stereocenters. The lowest BCUT2D eigenvalue weighted by Crippen LogP contribution is -2.61. The molecule has 1 aromatic heterocycles. The Morgan fingerprint density at radius 2 is 1.32 bits per heavy atom. The lowest BCUT2D eigenvalue weighted by molar-refractivity contribution is -0.142. The molecule has 2 heterocycles. The first-order valence-corrected chi connectivity index (χ1v) is 25.9. The number of guanidine groups is 2. The zero-order chi connectivity index (χ0) is 58.2. The number of aliphatic hydroxyl groups is 1. The van der Waals surface area contributed by atoms with Gasteiger partial charge in [-0.2, -0.15) is 0 Å². The van der Waals surface area contributed by atoms with Gasteiger partial charge in [0.1, 0.15) is 41.9 Å². The Bertz CT molecular complexity index is 2190. The van der Waals surface area contributed by atoms with E-state index in [1.165, 1.54) is 23.5 Å². The van der Waals surface area contributed by atoms with Gasteiger partial charge in [0.05, 0.1) is 25.0 Å². The summed E-state index contributed by atoms with van der Waals surface area (Å²) in [6, 6.07) is -8.99. The average Bonchev–Trinajstić information content (AvgIpc) is 4.12. The molecule has 0 aliphatic carbocycles. The standard InChI is InChI=1S/C46H84N22O10/c47-15-3-1-9-27(51)38(72)67-36(34(69)22-50)43(77)65-29(13-7-19-59-46(55)56)39(73)60-24-35(70)62-31(11-5-17-49)44(78)68-20-8-14-33(68)42(76)66-32(21-26-23-57-25-61-26)41(75)64-30(10-2-4-16-48)40(74)63-28(37(52)71)12-6-18-58-45(53)54/h12,23,25,27,29-34,36,69H,1-11,13-22,24,47-51H2,(H2,52,71)(H,57,61)(H,60,73)(H,62,70)(H,63,74)(H,64,75)(H,65,77)(H,66,76)(H,67,72)(H4,53,54,58)(H4,55,56,59)/b28-12-/t27-,29-,30-,31+,32-,33-,34-,36-/m0/s1. The van der Waals surface area contributed by atoms with E-state index in [1.54, 1.807) is 0 Å². The molecular formula is C46H84N22O10. The molecule has 0 saturated carbocycles. The highest BCUT2D eigenvalue weighted by Crippen LogP contribution is 2.20. The van der Waals surface area contributed by atoms with Crippen molar-refractivity contribution in [2.75, 3.05) is 52.4 Å². The van der Waals surface area contributed by atoms with Crippen molar-refractivity contribution in [2.45, 2.75) is 138 Å². The van der Waals surface area contributed by atoms with Gasteiger partial charge >= 0.3 is 0 Å². The Balaban J connectivity index is 2.30. The van der Waals surface area contributed by atoms with Crippen LogP contribution >= 0.6 is 0 Å². The summed E-state index contributed by atoms with van der Waals surface area (Å²) in [5.74, 6) is -7.76. The van der Waals surface area contributed by atoms with Gasteiger partial charge in [-0.25, -0.2) is 4.98 Å². The van der Waals surface area contributed by atoms with Gasteiger partial charge in [0, 0.05) is 44.5 Å². The lowest BCUT2D eigenvalue weighted by atomic mass is 10.0. The van der Waals surface area contributed by atoms with Crippen LogP contribution in [0.15, 0.2) is 34.3 Å². The van der Waals surface area contributed by atoms with Gasteiger partial charge in [-0.05, 0) is 96.7 Å². The molecule has 29 N–H and O–H groups in total. The van der Waals surface area contributed by atoms with Gasteiger partial charge in [0.15, 0.2) is 11.9 Å². The third-order valence-electron chi connectivity index (χ3n) is 12.2. The van der Waals surface area contributed by atoms with E-state index in [9.17, 15) is 48.3 Å². The summed E-state index contributed by atoms with van der Waals surface area (Å²) in [4.78, 5) is 138. The maximum Gasteiger partial charge on any atom is 0.264 e. The molecule has 1 aliphatic heterocycles. The topological polar surface area (TPSA) is 575 Å². The number of H-pyrrole nitrogens is 1. The van der Waals surface area contributed by atoms with Crippen molar-refractivity contribution >= 4 is 65.1 Å². The Morgan fingerprint density at radius 3 is 1.94 bits per heavy atom. The number of hydrogen-bond donors (Lipinski definition) is 19. The molecule has 0 unspecified atom stereocenters. The molecular weight excluding hydrogens is 1020 g/mol. The van der Waals surface area contributed by atoms with Crippen molar-refractivity contribution in [1.82, 2.24) is 52.1 Å². The zero-order valence-corrected chi connectivity index (χ0v) is 44.1. The maximum atomic E-state index is 14.3. The number of hydrogen-bond acceptors (Lipinski definition) is 18. The number of nitrogens with one attached hydrogen (secondary N) is 8. The lowest BCUT2D eigenvalue weighted by Gasteiger charge is -2.30. The monoisotopic (exact) mass is 1100 g/mol. The predicted octanol–water partition coefficient (Wildman–Crippen LogP) is -8.67. The van der Waals surface area contributed by atoms with Crippen LogP contribution in [-0.2, 0) is 49.6 Å². The van der Waals surface area contributed by atoms with Crippen LogP contribution in [0.25, 0.3) is 0 Å². The van der Waals surface area contributed by atoms with Gasteiger partial charge in [-0.3, -0.25) is 53.1 Å². The molecule has 1 saturated heterocycles. The number of primary amides is 1. The van der Waals surface area contributed by atoms with Crippen LogP contribution in [0.2, 0.25) is 0 Å². The van der Waals surface area contributed by atoms with Crippen LogP contribution in [0, 0.1) is 0 Å². The largest absolute Gasteiger partial charge is 0.389 e. The molecule has 0 aromatic carbocycles. The third-order valence-corrected chi connectivity index (χ3v) is 12.2. The number of rotatable bonds is 38. The number of carbonyl (C=O) groups excluding carboxylic acids is 9. The van der Waals surface area contributed by atoms with E-state index < -0.39 is 115 Å². The van der Waals surface area contributed by atoms with Gasteiger partial charge in [-0.15, -0.1) is 0 Å². The fourth-order valence-corrected chi connectivity index (χ4v) is 7.99. The van der Waals surface area contributed by atoms with E-state index in [0.29, 0.717) is 44.3 Å². The number of aromatic amines is 1. The van der Waals surface area contributed by atoms with Crippen LogP contribution in [0.4, 0.5) is 0 Å². The van der Waals surface area contributed by atoms with Gasteiger partial charge in [0.2, 0.25) is 47.3 Å². The van der Waals surface area contributed by atoms with E-state index in [-0.39, 0.29) is 108 Å². The minimum absolute atomic E-state index is 0.0258. The van der Waals surface area contributed by atoms with Crippen LogP contribution in [0.5, 0.6) is 0 Å². The Labute approximate surface area is 452 Å². The van der Waals surface area contributed by atoms with Crippen LogP contribution in [0.3, 0.4) is 0 Å². The number of aromatic nitrogens is 2. The Hall–Kier alpha value is -7.52. The summed E-state index contributed by atoms with van der Waals surface area (Å²) in [6.07, 6.45) is 5.74. The molecule has 2 rings (SSSR count). The first-order valence-electron chi connectivity index (χ1n) is 25.9.